The van der Waals surface area contributed by atoms with Gasteiger partial charge in [-0.3, -0.25) is 0 Å². The minimum Gasteiger partial charge on any atom is -0.394 e. The molecule has 0 aliphatic heterocycles. The van der Waals surface area contributed by atoms with Crippen molar-refractivity contribution in [2.45, 2.75) is 0 Å². The molecule has 0 fully saturated rings. The van der Waals surface area contributed by atoms with E-state index in [0.29, 0.717) is 11.4 Å². The number of rotatable bonds is 1. The molecule has 0 saturated carbocycles. The molecule has 0 aliphatic rings. The maximum Gasteiger partial charge on any atom is 0.155 e. The van der Waals surface area contributed by atoms with Crippen molar-refractivity contribution < 1.29 is 0 Å². The zero-order valence-corrected chi connectivity index (χ0v) is 9.57. The number of anilines is 1. The summed E-state index contributed by atoms with van der Waals surface area (Å²) < 4.78 is 0. The van der Waals surface area contributed by atoms with E-state index in [-0.39, 0.29) is 5.15 Å². The number of nitrogens with two attached hydrogens (primary N) is 1. The van der Waals surface area contributed by atoms with E-state index in [1.54, 1.807) is 0 Å². The fraction of sp³-hybridized carbons (Fsp3) is 0. The van der Waals surface area contributed by atoms with Crippen molar-refractivity contribution in [1.82, 2.24) is 15.0 Å². The lowest BCUT2D eigenvalue weighted by molar-refractivity contribution is 1.18. The molecular formula is C12H9ClN4. The summed E-state index contributed by atoms with van der Waals surface area (Å²) in [6.45, 7) is 0. The van der Waals surface area contributed by atoms with E-state index in [2.05, 4.69) is 15.0 Å². The molecule has 1 aromatic carbocycles. The maximum atomic E-state index is 5.90. The number of nitrogens with zero attached hydrogens (tertiary/aromatic N) is 2. The number of para-hydroxylation sites is 1. The highest BCUT2D eigenvalue weighted by Gasteiger charge is 2.12. The number of halogens is 1. The number of nitrogen functional groups attached to an aromatic ring is 1. The Labute approximate surface area is 102 Å². The third-order valence-corrected chi connectivity index (χ3v) is 2.98. The number of fused-ring (bicyclic) bond motifs is 1. The standard InChI is InChI=1S/C12H9ClN4/c13-12-10(14)11(16-6-17-12)8-5-15-9-4-2-1-3-7(8)9/h1-6,15H,14H2. The molecule has 2 heterocycles. The quantitative estimate of drug-likeness (QED) is 0.647. The van der Waals surface area contributed by atoms with Gasteiger partial charge in [-0.2, -0.15) is 0 Å². The van der Waals surface area contributed by atoms with Gasteiger partial charge in [-0.15, -0.1) is 0 Å². The SMILES string of the molecule is Nc1c(Cl)ncnc1-c1c[nH]c2ccccc12. The number of hydrogen-bond donors (Lipinski definition) is 2. The highest BCUT2D eigenvalue weighted by atomic mass is 35.5. The van der Waals surface area contributed by atoms with Crippen LogP contribution in [0.25, 0.3) is 22.2 Å². The molecule has 0 spiro atoms. The van der Waals surface area contributed by atoms with Gasteiger partial charge in [0.25, 0.3) is 0 Å². The average molecular weight is 245 g/mol. The summed E-state index contributed by atoms with van der Waals surface area (Å²) in [7, 11) is 0. The Hall–Kier alpha value is -2.07. The van der Waals surface area contributed by atoms with Gasteiger partial charge >= 0.3 is 0 Å². The molecule has 0 amide bonds. The van der Waals surface area contributed by atoms with Crippen LogP contribution in [0.15, 0.2) is 36.8 Å². The summed E-state index contributed by atoms with van der Waals surface area (Å²) in [4.78, 5) is 11.2. The van der Waals surface area contributed by atoms with Crippen LogP contribution in [0, 0.1) is 0 Å². The normalized spacial score (nSPS) is 10.9. The average Bonchev–Trinajstić information content (AvgIpc) is 2.77. The van der Waals surface area contributed by atoms with E-state index in [9.17, 15) is 0 Å². The number of benzene rings is 1. The van der Waals surface area contributed by atoms with Gasteiger partial charge in [-0.25, -0.2) is 9.97 Å². The molecular weight excluding hydrogens is 236 g/mol. The summed E-state index contributed by atoms with van der Waals surface area (Å²) in [5.74, 6) is 0. The van der Waals surface area contributed by atoms with Gasteiger partial charge in [0.2, 0.25) is 0 Å². The van der Waals surface area contributed by atoms with E-state index < -0.39 is 0 Å². The third-order valence-electron chi connectivity index (χ3n) is 2.68. The van der Waals surface area contributed by atoms with Gasteiger partial charge in [-0.1, -0.05) is 29.8 Å². The molecule has 17 heavy (non-hydrogen) atoms. The Bertz CT molecular complexity index is 690. The Morgan fingerprint density at radius 2 is 2.00 bits per heavy atom. The summed E-state index contributed by atoms with van der Waals surface area (Å²) in [6.07, 6.45) is 3.29. The monoisotopic (exact) mass is 244 g/mol. The van der Waals surface area contributed by atoms with Crippen LogP contribution >= 0.6 is 11.6 Å². The zero-order valence-electron chi connectivity index (χ0n) is 8.81. The topological polar surface area (TPSA) is 67.6 Å². The van der Waals surface area contributed by atoms with E-state index >= 15 is 0 Å². The predicted octanol–water partition coefficient (Wildman–Crippen LogP) is 2.86. The zero-order chi connectivity index (χ0) is 11.8. The van der Waals surface area contributed by atoms with Gasteiger partial charge in [-0.05, 0) is 6.07 Å². The van der Waals surface area contributed by atoms with Crippen molar-refractivity contribution in [3.05, 3.63) is 41.9 Å². The molecule has 3 N–H and O–H groups in total. The number of H-pyrrole nitrogens is 1. The number of aromatic nitrogens is 3. The van der Waals surface area contributed by atoms with Gasteiger partial charge in [0.05, 0.1) is 5.69 Å². The van der Waals surface area contributed by atoms with Crippen LogP contribution in [0.1, 0.15) is 0 Å². The lowest BCUT2D eigenvalue weighted by atomic mass is 10.1. The van der Waals surface area contributed by atoms with Gasteiger partial charge in [0.15, 0.2) is 5.15 Å². The van der Waals surface area contributed by atoms with E-state index in [0.717, 1.165) is 16.5 Å². The first-order valence-electron chi connectivity index (χ1n) is 5.10. The summed E-state index contributed by atoms with van der Waals surface area (Å²) in [5, 5.41) is 1.34. The van der Waals surface area contributed by atoms with Crippen LogP contribution in [-0.2, 0) is 0 Å². The van der Waals surface area contributed by atoms with Crippen LogP contribution in [-0.4, -0.2) is 15.0 Å². The van der Waals surface area contributed by atoms with Crippen molar-refractivity contribution in [2.75, 3.05) is 5.73 Å². The summed E-state index contributed by atoms with van der Waals surface area (Å²) >= 11 is 5.90. The summed E-state index contributed by atoms with van der Waals surface area (Å²) in [5.41, 5.74) is 8.92. The Balaban J connectivity index is 2.31. The molecule has 3 rings (SSSR count). The Morgan fingerprint density at radius 1 is 1.18 bits per heavy atom. The predicted molar refractivity (Wildman–Crippen MR) is 68.7 cm³/mol. The molecule has 0 aliphatic carbocycles. The molecule has 2 aromatic heterocycles. The minimum absolute atomic E-state index is 0.278. The van der Waals surface area contributed by atoms with Crippen molar-refractivity contribution in [3.63, 3.8) is 0 Å². The van der Waals surface area contributed by atoms with Crippen molar-refractivity contribution in [1.29, 1.82) is 0 Å². The van der Waals surface area contributed by atoms with E-state index in [1.165, 1.54) is 6.33 Å². The highest BCUT2D eigenvalue weighted by Crippen LogP contribution is 2.32. The van der Waals surface area contributed by atoms with Crippen LogP contribution in [0.2, 0.25) is 5.15 Å². The van der Waals surface area contributed by atoms with Crippen LogP contribution in [0.4, 0.5) is 5.69 Å². The fourth-order valence-electron chi connectivity index (χ4n) is 1.86. The molecule has 5 heteroatoms. The fourth-order valence-corrected chi connectivity index (χ4v) is 1.99. The van der Waals surface area contributed by atoms with Gasteiger partial charge in [0.1, 0.15) is 12.0 Å². The molecule has 0 bridgehead atoms. The number of hydrogen-bond acceptors (Lipinski definition) is 3. The third kappa shape index (κ3) is 1.54. The molecule has 0 atom stereocenters. The van der Waals surface area contributed by atoms with E-state index in [4.69, 9.17) is 17.3 Å². The molecule has 4 nitrogen and oxygen atoms in total. The Kier molecular flexibility index (Phi) is 2.23. The van der Waals surface area contributed by atoms with Crippen molar-refractivity contribution >= 4 is 28.2 Å². The molecule has 3 aromatic rings. The number of aromatic amines is 1. The molecule has 0 radical (unpaired) electrons. The first-order chi connectivity index (χ1) is 8.27. The van der Waals surface area contributed by atoms with Crippen LogP contribution < -0.4 is 5.73 Å². The van der Waals surface area contributed by atoms with Crippen molar-refractivity contribution in [3.8, 4) is 11.3 Å². The maximum absolute atomic E-state index is 5.90. The van der Waals surface area contributed by atoms with Gasteiger partial charge < -0.3 is 10.7 Å². The highest BCUT2D eigenvalue weighted by molar-refractivity contribution is 6.32. The van der Waals surface area contributed by atoms with Crippen molar-refractivity contribution in [2.24, 2.45) is 0 Å². The molecule has 0 unspecified atom stereocenters. The molecule has 84 valence electrons. The van der Waals surface area contributed by atoms with Gasteiger partial charge in [0, 0.05) is 22.7 Å². The lowest BCUT2D eigenvalue weighted by Crippen LogP contribution is -1.95. The second kappa shape index (κ2) is 3.75. The van der Waals surface area contributed by atoms with Crippen LogP contribution in [0.3, 0.4) is 0 Å². The van der Waals surface area contributed by atoms with Crippen LogP contribution in [0.5, 0.6) is 0 Å². The first kappa shape index (κ1) is 10.1. The lowest BCUT2D eigenvalue weighted by Gasteiger charge is -2.03. The second-order valence-corrected chi connectivity index (χ2v) is 4.03. The molecule has 0 saturated heterocycles. The largest absolute Gasteiger partial charge is 0.394 e. The number of nitrogens with one attached hydrogen (secondary N) is 1. The second-order valence-electron chi connectivity index (χ2n) is 3.67. The Morgan fingerprint density at radius 3 is 2.88 bits per heavy atom. The summed E-state index contributed by atoms with van der Waals surface area (Å²) in [6, 6.07) is 7.95. The smallest absolute Gasteiger partial charge is 0.155 e. The first-order valence-corrected chi connectivity index (χ1v) is 5.47. The van der Waals surface area contributed by atoms with E-state index in [1.807, 2.05) is 30.5 Å². The minimum atomic E-state index is 0.278.